The van der Waals surface area contributed by atoms with Gasteiger partial charge in [-0.05, 0) is 18.8 Å². The van der Waals surface area contributed by atoms with Crippen LogP contribution in [0.5, 0.6) is 0 Å². The van der Waals surface area contributed by atoms with Crippen LogP contribution >= 0.6 is 0 Å². The highest BCUT2D eigenvalue weighted by Crippen LogP contribution is 2.33. The van der Waals surface area contributed by atoms with Crippen molar-refractivity contribution < 1.29 is 23.9 Å². The molecule has 1 aliphatic carbocycles. The summed E-state index contributed by atoms with van der Waals surface area (Å²) in [7, 11) is 1.57. The second-order valence-electron chi connectivity index (χ2n) is 5.41. The Hall–Kier alpha value is -1.47. The van der Waals surface area contributed by atoms with Gasteiger partial charge in [0.15, 0.2) is 0 Å². The second-order valence-corrected chi connectivity index (χ2v) is 5.41. The topological polar surface area (TPSA) is 84.9 Å². The van der Waals surface area contributed by atoms with Crippen LogP contribution in [0.15, 0.2) is 0 Å². The molecule has 21 heavy (non-hydrogen) atoms. The number of ether oxygens (including phenoxy) is 2. The molecule has 0 aromatic rings. The Morgan fingerprint density at radius 3 is 2.52 bits per heavy atom. The molecule has 1 saturated heterocycles. The van der Waals surface area contributed by atoms with E-state index in [1.54, 1.807) is 7.11 Å². The Balaban J connectivity index is 1.91. The maximum Gasteiger partial charge on any atom is 0.330 e. The highest BCUT2D eigenvalue weighted by molar-refractivity contribution is 6.16. The van der Waals surface area contributed by atoms with Crippen molar-refractivity contribution in [3.05, 3.63) is 0 Å². The predicted octanol–water partition coefficient (Wildman–Crippen LogP) is 0.534. The van der Waals surface area contributed by atoms with Gasteiger partial charge in [-0.3, -0.25) is 19.8 Å². The number of carbonyl (C=O) groups excluding carboxylic acids is 3. The van der Waals surface area contributed by atoms with Crippen molar-refractivity contribution in [2.24, 2.45) is 11.8 Å². The average molecular weight is 298 g/mol. The summed E-state index contributed by atoms with van der Waals surface area (Å²) < 4.78 is 10.1. The summed E-state index contributed by atoms with van der Waals surface area (Å²) in [6.07, 6.45) is 3.82. The summed E-state index contributed by atoms with van der Waals surface area (Å²) in [4.78, 5) is 37.2. The van der Waals surface area contributed by atoms with E-state index in [4.69, 9.17) is 9.47 Å². The van der Waals surface area contributed by atoms with E-state index in [0.29, 0.717) is 13.2 Å². The number of methoxy groups -OCH3 is 1. The molecule has 2 aliphatic rings. The van der Waals surface area contributed by atoms with Gasteiger partial charge in [0.05, 0.1) is 26.4 Å². The number of hydrogen-bond acceptors (Lipinski definition) is 5. The molecule has 0 radical (unpaired) electrons. The van der Waals surface area contributed by atoms with Crippen LogP contribution in [0.3, 0.4) is 0 Å². The Bertz CT molecular complexity index is 406. The molecule has 118 valence electrons. The minimum Gasteiger partial charge on any atom is -0.382 e. The monoisotopic (exact) mass is 298 g/mol. The van der Waals surface area contributed by atoms with Crippen molar-refractivity contribution in [2.75, 3.05) is 33.5 Å². The summed E-state index contributed by atoms with van der Waals surface area (Å²) in [5, 5.41) is 2.29. The molecular weight excluding hydrogens is 276 g/mol. The third kappa shape index (κ3) is 3.79. The van der Waals surface area contributed by atoms with Gasteiger partial charge in [0.25, 0.3) is 0 Å². The molecule has 2 rings (SSSR count). The number of carbonyl (C=O) groups is 3. The lowest BCUT2D eigenvalue weighted by Crippen LogP contribution is -2.60. The molecule has 7 nitrogen and oxygen atoms in total. The number of nitrogens with zero attached hydrogens (tertiary/aromatic N) is 1. The SMILES string of the molecule is COCCOCCN1C(=O)NC(=O)C(C2CCCC2)C1=O. The highest BCUT2D eigenvalue weighted by Gasteiger charge is 2.44. The molecule has 0 bridgehead atoms. The summed E-state index contributed by atoms with van der Waals surface area (Å²) in [6, 6.07) is -0.644. The number of nitrogens with one attached hydrogen (secondary N) is 1. The van der Waals surface area contributed by atoms with E-state index >= 15 is 0 Å². The quantitative estimate of drug-likeness (QED) is 0.547. The number of barbiturate groups is 1. The first-order chi connectivity index (χ1) is 10.1. The van der Waals surface area contributed by atoms with Crippen LogP contribution < -0.4 is 5.32 Å². The smallest absolute Gasteiger partial charge is 0.330 e. The third-order valence-corrected chi connectivity index (χ3v) is 4.05. The van der Waals surface area contributed by atoms with Gasteiger partial charge >= 0.3 is 6.03 Å². The maximum atomic E-state index is 12.4. The lowest BCUT2D eigenvalue weighted by molar-refractivity contribution is -0.145. The van der Waals surface area contributed by atoms with Crippen molar-refractivity contribution in [1.82, 2.24) is 10.2 Å². The van der Waals surface area contributed by atoms with E-state index in [1.165, 1.54) is 0 Å². The van der Waals surface area contributed by atoms with Gasteiger partial charge in [0.2, 0.25) is 11.8 Å². The fraction of sp³-hybridized carbons (Fsp3) is 0.786. The Morgan fingerprint density at radius 1 is 1.14 bits per heavy atom. The molecule has 1 saturated carbocycles. The number of imide groups is 2. The number of rotatable bonds is 7. The first kappa shape index (κ1) is 15.9. The van der Waals surface area contributed by atoms with Gasteiger partial charge < -0.3 is 9.47 Å². The molecule has 2 fully saturated rings. The molecule has 1 N–H and O–H groups in total. The Labute approximate surface area is 123 Å². The van der Waals surface area contributed by atoms with Crippen molar-refractivity contribution in [3.8, 4) is 0 Å². The average Bonchev–Trinajstić information content (AvgIpc) is 2.95. The zero-order valence-corrected chi connectivity index (χ0v) is 12.3. The van der Waals surface area contributed by atoms with Crippen molar-refractivity contribution in [3.63, 3.8) is 0 Å². The summed E-state index contributed by atoms with van der Waals surface area (Å²) in [5.74, 6) is -1.49. The largest absolute Gasteiger partial charge is 0.382 e. The Morgan fingerprint density at radius 2 is 1.86 bits per heavy atom. The van der Waals surface area contributed by atoms with E-state index in [0.717, 1.165) is 30.6 Å². The van der Waals surface area contributed by atoms with Crippen molar-refractivity contribution in [1.29, 1.82) is 0 Å². The van der Waals surface area contributed by atoms with Crippen LogP contribution in [0.25, 0.3) is 0 Å². The van der Waals surface area contributed by atoms with Gasteiger partial charge in [0, 0.05) is 7.11 Å². The van der Waals surface area contributed by atoms with Crippen LogP contribution in [0.4, 0.5) is 4.79 Å². The summed E-state index contributed by atoms with van der Waals surface area (Å²) in [6.45, 7) is 1.27. The third-order valence-electron chi connectivity index (χ3n) is 4.05. The minimum absolute atomic E-state index is 0.0579. The lowest BCUT2D eigenvalue weighted by atomic mass is 9.87. The van der Waals surface area contributed by atoms with Crippen LogP contribution in [0.2, 0.25) is 0 Å². The molecule has 0 spiro atoms. The van der Waals surface area contributed by atoms with E-state index in [2.05, 4.69) is 5.32 Å². The van der Waals surface area contributed by atoms with Crippen molar-refractivity contribution in [2.45, 2.75) is 25.7 Å². The van der Waals surface area contributed by atoms with Crippen LogP contribution in [-0.4, -0.2) is 56.2 Å². The van der Waals surface area contributed by atoms with E-state index in [9.17, 15) is 14.4 Å². The van der Waals surface area contributed by atoms with Crippen LogP contribution in [0.1, 0.15) is 25.7 Å². The van der Waals surface area contributed by atoms with Crippen molar-refractivity contribution >= 4 is 17.8 Å². The normalized spacial score (nSPS) is 23.8. The fourth-order valence-corrected chi connectivity index (χ4v) is 2.95. The van der Waals surface area contributed by atoms with Gasteiger partial charge in [-0.15, -0.1) is 0 Å². The molecule has 1 aliphatic heterocycles. The first-order valence-electron chi connectivity index (χ1n) is 7.38. The standard InChI is InChI=1S/C14H22N2O5/c1-20-8-9-21-7-6-16-13(18)11(10-4-2-3-5-10)12(17)15-14(16)19/h10-11H,2-9H2,1H3,(H,15,17,19). The molecule has 1 heterocycles. The van der Waals surface area contributed by atoms with Crippen LogP contribution in [-0.2, 0) is 19.1 Å². The van der Waals surface area contributed by atoms with E-state index in [-0.39, 0.29) is 25.0 Å². The predicted molar refractivity (Wildman–Crippen MR) is 73.4 cm³/mol. The zero-order chi connectivity index (χ0) is 15.2. The van der Waals surface area contributed by atoms with Gasteiger partial charge in [-0.25, -0.2) is 4.79 Å². The number of urea groups is 1. The minimum atomic E-state index is -0.718. The Kier molecular flexibility index (Phi) is 5.69. The highest BCUT2D eigenvalue weighted by atomic mass is 16.5. The van der Waals surface area contributed by atoms with Gasteiger partial charge in [0.1, 0.15) is 5.92 Å². The van der Waals surface area contributed by atoms with Gasteiger partial charge in [-0.2, -0.15) is 0 Å². The second kappa shape index (κ2) is 7.51. The number of amides is 4. The number of hydrogen-bond donors (Lipinski definition) is 1. The van der Waals surface area contributed by atoms with Crippen LogP contribution in [0, 0.1) is 11.8 Å². The zero-order valence-electron chi connectivity index (χ0n) is 12.3. The summed E-state index contributed by atoms with van der Waals surface area (Å²) >= 11 is 0. The summed E-state index contributed by atoms with van der Waals surface area (Å²) in [5.41, 5.74) is 0. The van der Waals surface area contributed by atoms with Gasteiger partial charge in [-0.1, -0.05) is 12.8 Å². The fourth-order valence-electron chi connectivity index (χ4n) is 2.95. The maximum absolute atomic E-state index is 12.4. The molecule has 7 heteroatoms. The molecule has 4 amide bonds. The molecule has 0 aromatic carbocycles. The molecular formula is C14H22N2O5. The molecule has 1 unspecified atom stereocenters. The molecule has 1 atom stereocenters. The van der Waals surface area contributed by atoms with E-state index in [1.807, 2.05) is 0 Å². The molecule has 0 aromatic heterocycles. The first-order valence-corrected chi connectivity index (χ1v) is 7.38. The lowest BCUT2D eigenvalue weighted by Gasteiger charge is -2.32. The van der Waals surface area contributed by atoms with E-state index < -0.39 is 17.9 Å².